The van der Waals surface area contributed by atoms with Crippen LogP contribution in [-0.4, -0.2) is 91.0 Å². The second-order valence-electron chi connectivity index (χ2n) is 13.8. The highest BCUT2D eigenvalue weighted by atomic mass is 35.5. The predicted molar refractivity (Wildman–Crippen MR) is 218 cm³/mol. The Morgan fingerprint density at radius 2 is 1.81 bits per heavy atom. The molecule has 2 aliphatic rings. The third-order valence-corrected chi connectivity index (χ3v) is 14.7. The number of nitrogen functional groups attached to an aromatic ring is 1. The molecule has 3 aromatic carbocycles. The van der Waals surface area contributed by atoms with Gasteiger partial charge in [-0.15, -0.1) is 0 Å². The molecule has 3 heterocycles. The van der Waals surface area contributed by atoms with E-state index >= 15 is 0 Å². The Hall–Kier alpha value is -3.57. The van der Waals surface area contributed by atoms with Crippen molar-refractivity contribution in [3.05, 3.63) is 89.5 Å². The fourth-order valence-corrected chi connectivity index (χ4v) is 11.7. The monoisotopic (exact) mass is 859 g/mol. The largest absolute Gasteiger partial charge is 0.479 e. The van der Waals surface area contributed by atoms with Crippen molar-refractivity contribution in [3.8, 4) is 5.75 Å². The number of carbonyl (C=O) groups excluding carboxylic acids is 1. The summed E-state index contributed by atoms with van der Waals surface area (Å²) in [5.41, 5.74) is 7.78. The highest BCUT2D eigenvalue weighted by Gasteiger charge is 2.65. The van der Waals surface area contributed by atoms with Crippen LogP contribution in [0.2, 0.25) is 5.28 Å². The van der Waals surface area contributed by atoms with E-state index in [9.17, 15) is 19.4 Å². The number of phosphoric ester groups is 1. The van der Waals surface area contributed by atoms with Crippen LogP contribution in [0, 0.1) is 5.92 Å². The Kier molecular flexibility index (Phi) is 12.7. The lowest BCUT2D eigenvalue weighted by Crippen LogP contribution is -2.35. The second-order valence-corrected chi connectivity index (χ2v) is 18.8. The first-order chi connectivity index (χ1) is 27.3. The Morgan fingerprint density at radius 3 is 2.53 bits per heavy atom. The fraction of sp³-hybridized carbons (Fsp3) is 0.405. The van der Waals surface area contributed by atoms with E-state index in [1.165, 1.54) is 6.92 Å². The Morgan fingerprint density at radius 1 is 1.09 bits per heavy atom. The zero-order valence-corrected chi connectivity index (χ0v) is 34.7. The number of rotatable bonds is 18. The average molecular weight is 860 g/mol. The van der Waals surface area contributed by atoms with Crippen molar-refractivity contribution >= 4 is 71.6 Å². The highest BCUT2D eigenvalue weighted by molar-refractivity contribution is 8.10. The van der Waals surface area contributed by atoms with Gasteiger partial charge in [0.05, 0.1) is 24.9 Å². The van der Waals surface area contributed by atoms with Gasteiger partial charge in [-0.25, -0.2) is 18.9 Å². The average Bonchev–Trinajstić information content (AvgIpc) is 3.60. The maximum atomic E-state index is 13.6. The number of nitrogens with one attached hydrogen (secondary N) is 1. The molecule has 0 amide bonds. The number of halogens is 1. The van der Waals surface area contributed by atoms with Gasteiger partial charge in [-0.3, -0.25) is 9.32 Å². The first-order valence-corrected chi connectivity index (χ1v) is 23.0. The summed E-state index contributed by atoms with van der Waals surface area (Å²) in [7, 11) is -5.04. The topological polar surface area (TPSA) is 206 Å². The molecule has 2 aromatic heterocycles. The molecule has 7 rings (SSSR count). The van der Waals surface area contributed by atoms with Crippen LogP contribution >= 0.6 is 26.1 Å². The van der Waals surface area contributed by atoms with E-state index in [-0.39, 0.29) is 29.5 Å². The number of anilines is 1. The van der Waals surface area contributed by atoms with Crippen LogP contribution in [0.1, 0.15) is 38.2 Å². The number of benzene rings is 3. The van der Waals surface area contributed by atoms with Crippen molar-refractivity contribution in [3.63, 3.8) is 0 Å². The lowest BCUT2D eigenvalue weighted by Gasteiger charge is -2.28. The van der Waals surface area contributed by atoms with E-state index in [2.05, 4.69) is 33.8 Å². The molecular weight excluding hydrogens is 816 g/mol. The number of ether oxygens (including phenoxy) is 2. The third kappa shape index (κ3) is 9.35. The summed E-state index contributed by atoms with van der Waals surface area (Å²) in [6, 6.07) is 20.2. The van der Waals surface area contributed by atoms with E-state index in [1.54, 1.807) is 24.3 Å². The number of likely N-dealkylation sites (N-methyl/N-ethyl adjacent to an activating group) is 1. The van der Waals surface area contributed by atoms with Crippen LogP contribution < -0.4 is 15.3 Å². The van der Waals surface area contributed by atoms with Gasteiger partial charge in [-0.1, -0.05) is 80.6 Å². The van der Waals surface area contributed by atoms with Crippen LogP contribution in [0.15, 0.2) is 72.8 Å². The number of aliphatic hydroxyl groups is 1. The number of nitrogens with two attached hydrogens (primary N) is 1. The van der Waals surface area contributed by atoms with Crippen molar-refractivity contribution in [1.82, 2.24) is 29.5 Å². The smallest absolute Gasteiger partial charge is 0.460 e. The number of hydrogen-bond acceptors (Lipinski definition) is 14. The Balaban J connectivity index is 1.05. The molecule has 0 spiro atoms. The summed E-state index contributed by atoms with van der Waals surface area (Å²) in [5.74, 6) is -0.0169. The van der Waals surface area contributed by atoms with Crippen LogP contribution in [0.3, 0.4) is 0 Å². The number of carbonyl (C=O) groups is 1. The van der Waals surface area contributed by atoms with Gasteiger partial charge in [-0.2, -0.15) is 9.97 Å². The third-order valence-electron chi connectivity index (χ3n) is 10.0. The van der Waals surface area contributed by atoms with Crippen molar-refractivity contribution in [1.29, 1.82) is 0 Å². The van der Waals surface area contributed by atoms with Gasteiger partial charge in [0.2, 0.25) is 5.28 Å². The molecule has 8 atom stereocenters. The van der Waals surface area contributed by atoms with E-state index in [0.29, 0.717) is 28.8 Å². The van der Waals surface area contributed by atoms with Gasteiger partial charge in [-0.05, 0) is 60.4 Å². The maximum absolute atomic E-state index is 13.6. The van der Waals surface area contributed by atoms with Crippen LogP contribution in [0.5, 0.6) is 5.75 Å². The van der Waals surface area contributed by atoms with Gasteiger partial charge in [0.25, 0.3) is 0 Å². The minimum Gasteiger partial charge on any atom is -0.460 e. The molecule has 304 valence electrons. The SMILES string of the molecule is CCN(CC)CCc1nc2c(N)nc(Cl)nc2n1[C@@H]1C2O[C@H](COP(=O)(O)OP(=S)(N[C@@H](C)C(=O)OCc3ccccc3)Oc3cccc4ccccc34)[C@H](O)C21. The quantitative estimate of drug-likeness (QED) is 0.0484. The van der Waals surface area contributed by atoms with Crippen LogP contribution in [-0.2, 0) is 52.5 Å². The van der Waals surface area contributed by atoms with Crippen molar-refractivity contribution in [2.24, 2.45) is 5.92 Å². The fourth-order valence-electron chi connectivity index (χ4n) is 7.09. The molecule has 5 N–H and O–H groups in total. The lowest BCUT2D eigenvalue weighted by molar-refractivity contribution is -0.146. The molecule has 4 unspecified atom stereocenters. The number of hydrogen-bond donors (Lipinski definition) is 4. The molecule has 16 nitrogen and oxygen atoms in total. The maximum Gasteiger partial charge on any atom is 0.479 e. The van der Waals surface area contributed by atoms with E-state index in [1.807, 2.05) is 53.1 Å². The Bertz CT molecular complexity index is 2330. The van der Waals surface area contributed by atoms with Crippen molar-refractivity contribution < 1.29 is 42.2 Å². The molecule has 1 aliphatic heterocycles. The van der Waals surface area contributed by atoms with Gasteiger partial charge in [0.1, 0.15) is 30.3 Å². The minimum absolute atomic E-state index is 0.00199. The Labute approximate surface area is 339 Å². The van der Waals surface area contributed by atoms with E-state index in [4.69, 9.17) is 57.0 Å². The zero-order valence-electron chi connectivity index (χ0n) is 31.4. The minimum atomic E-state index is -5.04. The summed E-state index contributed by atoms with van der Waals surface area (Å²) in [4.78, 5) is 39.6. The van der Waals surface area contributed by atoms with E-state index < -0.39 is 57.3 Å². The molecule has 57 heavy (non-hydrogen) atoms. The molecule has 0 radical (unpaired) electrons. The number of aromatic nitrogens is 4. The first kappa shape index (κ1) is 41.6. The first-order valence-electron chi connectivity index (χ1n) is 18.5. The number of nitrogens with zero attached hydrogens (tertiary/aromatic N) is 5. The summed E-state index contributed by atoms with van der Waals surface area (Å²) in [6.45, 7) is 3.52. The highest BCUT2D eigenvalue weighted by Crippen LogP contribution is 2.62. The summed E-state index contributed by atoms with van der Waals surface area (Å²) >= 11 is 12.0. The molecule has 1 saturated carbocycles. The molecule has 1 saturated heterocycles. The molecule has 20 heteroatoms. The van der Waals surface area contributed by atoms with Crippen molar-refractivity contribution in [2.45, 2.75) is 64.2 Å². The molecule has 0 bridgehead atoms. The predicted octanol–water partition coefficient (Wildman–Crippen LogP) is 5.56. The molecule has 2 fully saturated rings. The summed E-state index contributed by atoms with van der Waals surface area (Å²) in [5, 5.41) is 15.7. The summed E-state index contributed by atoms with van der Waals surface area (Å²) < 4.78 is 44.4. The lowest BCUT2D eigenvalue weighted by atomic mass is 10.1. The van der Waals surface area contributed by atoms with Gasteiger partial charge >= 0.3 is 20.4 Å². The zero-order chi connectivity index (χ0) is 40.5. The summed E-state index contributed by atoms with van der Waals surface area (Å²) in [6.07, 6.45) is -2.01. The number of imidazole rings is 1. The molecule has 1 aliphatic carbocycles. The van der Waals surface area contributed by atoms with E-state index in [0.717, 1.165) is 30.6 Å². The molecular formula is C37H44ClN7O9P2S. The standard InChI is InChI=1S/C37H44ClN7O9P2S/c1-4-44(5-2)19-18-28-40-30-34(39)41-37(38)42-35(30)45(28)31-29-32(46)27(52-33(29)31)21-51-56(48,49)54-55(57,53-26-17-11-15-24-14-9-10-16-25(24)26)43-22(3)36(47)50-20-23-12-7-6-8-13-23/h6-17,22,27,29,31-33,46H,4-5,18-21H2,1-3H3,(H,43,57)(H,48,49)(H2,39,41,42)/t22-,27+,29?,31-,32-,33?,55?/m0/s1. The number of esters is 1. The van der Waals surface area contributed by atoms with Gasteiger partial charge < -0.3 is 39.2 Å². The number of aliphatic hydroxyl groups excluding tert-OH is 1. The van der Waals surface area contributed by atoms with Crippen LogP contribution in [0.25, 0.3) is 21.9 Å². The number of phosphoric acid groups is 1. The normalized spacial score (nSPS) is 22.9. The molecule has 5 aromatic rings. The number of fused-ring (bicyclic) bond motifs is 3. The van der Waals surface area contributed by atoms with Crippen LogP contribution in [0.4, 0.5) is 5.82 Å². The van der Waals surface area contributed by atoms with Gasteiger partial charge in [0, 0.05) is 24.3 Å². The van der Waals surface area contributed by atoms with Crippen molar-refractivity contribution in [2.75, 3.05) is 32.0 Å². The second kappa shape index (κ2) is 17.3. The van der Waals surface area contributed by atoms with Gasteiger partial charge in [0.15, 0.2) is 17.0 Å².